The number of nitro benzene ring substituents is 1. The number of hydrogen-bond acceptors (Lipinski definition) is 7. The highest BCUT2D eigenvalue weighted by Gasteiger charge is 2.14. The van der Waals surface area contributed by atoms with Crippen molar-refractivity contribution in [3.63, 3.8) is 0 Å². The molecule has 0 fully saturated rings. The van der Waals surface area contributed by atoms with Crippen LogP contribution in [0.4, 0.5) is 11.4 Å². The van der Waals surface area contributed by atoms with Gasteiger partial charge in [-0.15, -0.1) is 0 Å². The van der Waals surface area contributed by atoms with E-state index in [1.807, 2.05) is 31.2 Å². The number of amides is 1. The van der Waals surface area contributed by atoms with Crippen molar-refractivity contribution >= 4 is 23.3 Å². The summed E-state index contributed by atoms with van der Waals surface area (Å²) in [6.07, 6.45) is 0.468. The third-order valence-electron chi connectivity index (χ3n) is 3.84. The van der Waals surface area contributed by atoms with Crippen LogP contribution in [0.5, 0.6) is 5.75 Å². The Balaban J connectivity index is 1.86. The van der Waals surface area contributed by atoms with Crippen molar-refractivity contribution in [2.24, 2.45) is 0 Å². The molecular weight excluding hydrogens is 378 g/mol. The van der Waals surface area contributed by atoms with Crippen LogP contribution >= 0.6 is 0 Å². The number of rotatable bonds is 9. The molecule has 0 unspecified atom stereocenters. The van der Waals surface area contributed by atoms with E-state index in [1.54, 1.807) is 6.07 Å². The first-order valence-electron chi connectivity index (χ1n) is 8.79. The van der Waals surface area contributed by atoms with E-state index in [9.17, 15) is 19.7 Å². The highest BCUT2D eigenvalue weighted by Crippen LogP contribution is 2.22. The third-order valence-corrected chi connectivity index (χ3v) is 3.84. The van der Waals surface area contributed by atoms with Crippen LogP contribution in [0.1, 0.15) is 24.5 Å². The smallest absolute Gasteiger partial charge is 0.306 e. The number of benzene rings is 2. The maximum atomic E-state index is 12.0. The molecule has 0 bridgehead atoms. The van der Waals surface area contributed by atoms with E-state index in [4.69, 9.17) is 14.7 Å². The number of non-ortho nitro benzene ring substituents is 1. The van der Waals surface area contributed by atoms with Crippen molar-refractivity contribution in [3.05, 3.63) is 63.7 Å². The first-order chi connectivity index (χ1) is 13.9. The number of ether oxygens (including phenoxy) is 2. The van der Waals surface area contributed by atoms with E-state index in [2.05, 4.69) is 5.32 Å². The Morgan fingerprint density at radius 1 is 1.24 bits per heavy atom. The van der Waals surface area contributed by atoms with Crippen molar-refractivity contribution in [3.8, 4) is 11.8 Å². The molecule has 1 amide bonds. The van der Waals surface area contributed by atoms with E-state index < -0.39 is 23.4 Å². The van der Waals surface area contributed by atoms with Gasteiger partial charge in [0.25, 0.3) is 11.6 Å². The Kier molecular flexibility index (Phi) is 7.68. The topological polar surface area (TPSA) is 132 Å². The van der Waals surface area contributed by atoms with Crippen molar-refractivity contribution in [1.29, 1.82) is 5.26 Å². The molecule has 0 aliphatic carbocycles. The van der Waals surface area contributed by atoms with Crippen LogP contribution in [0.2, 0.25) is 0 Å². The van der Waals surface area contributed by atoms with Crippen molar-refractivity contribution in [2.75, 3.05) is 18.5 Å². The fourth-order valence-corrected chi connectivity index (χ4v) is 2.50. The fourth-order valence-electron chi connectivity index (χ4n) is 2.50. The molecule has 0 aliphatic rings. The van der Waals surface area contributed by atoms with Gasteiger partial charge in [-0.1, -0.05) is 18.2 Å². The van der Waals surface area contributed by atoms with Gasteiger partial charge in [0.1, 0.15) is 11.8 Å². The monoisotopic (exact) mass is 397 g/mol. The van der Waals surface area contributed by atoms with Crippen molar-refractivity contribution in [1.82, 2.24) is 0 Å². The summed E-state index contributed by atoms with van der Waals surface area (Å²) in [5.74, 6) is -0.517. The standard InChI is InChI=1S/C20H19N3O6/c1-2-28-18-6-4-3-5-14(18)7-10-20(25)29-13-19(24)22-17-9-8-16(23(26)27)11-15(17)12-21/h3-6,8-9,11H,2,7,10,13H2,1H3,(H,22,24). The first kappa shape index (κ1) is 21.4. The number of esters is 1. The predicted octanol–water partition coefficient (Wildman–Crippen LogP) is 2.98. The highest BCUT2D eigenvalue weighted by atomic mass is 16.6. The van der Waals surface area contributed by atoms with Crippen LogP contribution in [-0.4, -0.2) is 30.0 Å². The lowest BCUT2D eigenvalue weighted by Crippen LogP contribution is -2.21. The summed E-state index contributed by atoms with van der Waals surface area (Å²) < 4.78 is 10.4. The number of nitro groups is 1. The minimum absolute atomic E-state index is 0.0635. The number of hydrogen-bond donors (Lipinski definition) is 1. The summed E-state index contributed by atoms with van der Waals surface area (Å²) in [6.45, 7) is 1.84. The molecule has 0 aliphatic heterocycles. The molecule has 2 aromatic rings. The lowest BCUT2D eigenvalue weighted by Gasteiger charge is -2.10. The zero-order valence-corrected chi connectivity index (χ0v) is 15.7. The van der Waals surface area contributed by atoms with E-state index in [0.717, 1.165) is 17.7 Å². The van der Waals surface area contributed by atoms with Gasteiger partial charge in [-0.2, -0.15) is 5.26 Å². The van der Waals surface area contributed by atoms with Gasteiger partial charge in [0.05, 0.1) is 22.8 Å². The quantitative estimate of drug-likeness (QED) is 0.391. The number of nitrogens with one attached hydrogen (secondary N) is 1. The van der Waals surface area contributed by atoms with Gasteiger partial charge in [0, 0.05) is 18.6 Å². The van der Waals surface area contributed by atoms with E-state index >= 15 is 0 Å². The van der Waals surface area contributed by atoms with Gasteiger partial charge in [0.2, 0.25) is 0 Å². The summed E-state index contributed by atoms with van der Waals surface area (Å²) in [5, 5.41) is 22.2. The molecule has 150 valence electrons. The Hall–Kier alpha value is -3.93. The van der Waals surface area contributed by atoms with E-state index in [0.29, 0.717) is 18.8 Å². The minimum Gasteiger partial charge on any atom is -0.494 e. The Morgan fingerprint density at radius 3 is 2.69 bits per heavy atom. The number of para-hydroxylation sites is 1. The molecule has 29 heavy (non-hydrogen) atoms. The van der Waals surface area contributed by atoms with Crippen LogP contribution in [0.25, 0.3) is 0 Å². The number of nitrogens with zero attached hydrogens (tertiary/aromatic N) is 2. The molecule has 0 radical (unpaired) electrons. The Labute approximate surface area is 167 Å². The molecule has 0 saturated carbocycles. The van der Waals surface area contributed by atoms with Gasteiger partial charge < -0.3 is 14.8 Å². The summed E-state index contributed by atoms with van der Waals surface area (Å²) >= 11 is 0. The van der Waals surface area contributed by atoms with Crippen LogP contribution in [0, 0.1) is 21.4 Å². The van der Waals surface area contributed by atoms with Crippen LogP contribution in [0.3, 0.4) is 0 Å². The number of anilines is 1. The molecule has 2 rings (SSSR count). The number of carbonyl (C=O) groups is 2. The van der Waals surface area contributed by atoms with Gasteiger partial charge in [-0.05, 0) is 31.0 Å². The van der Waals surface area contributed by atoms with Crippen molar-refractivity contribution in [2.45, 2.75) is 19.8 Å². The highest BCUT2D eigenvalue weighted by molar-refractivity contribution is 5.94. The van der Waals surface area contributed by atoms with Crippen LogP contribution in [-0.2, 0) is 20.7 Å². The van der Waals surface area contributed by atoms with Gasteiger partial charge >= 0.3 is 5.97 Å². The second-order valence-corrected chi connectivity index (χ2v) is 5.85. The van der Waals surface area contributed by atoms with Gasteiger partial charge in [-0.25, -0.2) is 0 Å². The molecule has 1 N–H and O–H groups in total. The summed E-state index contributed by atoms with van der Waals surface area (Å²) in [7, 11) is 0. The molecule has 9 nitrogen and oxygen atoms in total. The van der Waals surface area contributed by atoms with Crippen molar-refractivity contribution < 1.29 is 24.0 Å². The SMILES string of the molecule is CCOc1ccccc1CCC(=O)OCC(=O)Nc1ccc([N+](=O)[O-])cc1C#N. The molecule has 9 heteroatoms. The second-order valence-electron chi connectivity index (χ2n) is 5.85. The van der Waals surface area contributed by atoms with Crippen LogP contribution in [0.15, 0.2) is 42.5 Å². The lowest BCUT2D eigenvalue weighted by atomic mass is 10.1. The number of aryl methyl sites for hydroxylation is 1. The third kappa shape index (κ3) is 6.32. The molecule has 0 heterocycles. The largest absolute Gasteiger partial charge is 0.494 e. The maximum Gasteiger partial charge on any atom is 0.306 e. The van der Waals surface area contributed by atoms with Gasteiger partial charge in [0.15, 0.2) is 6.61 Å². The zero-order chi connectivity index (χ0) is 21.2. The van der Waals surface area contributed by atoms with E-state index in [1.165, 1.54) is 6.07 Å². The van der Waals surface area contributed by atoms with Gasteiger partial charge in [-0.3, -0.25) is 19.7 Å². The Morgan fingerprint density at radius 2 is 2.00 bits per heavy atom. The number of nitriles is 1. The molecule has 0 aromatic heterocycles. The summed E-state index contributed by atoms with van der Waals surface area (Å²) in [6, 6.07) is 12.6. The predicted molar refractivity (Wildman–Crippen MR) is 103 cm³/mol. The van der Waals surface area contributed by atoms with Crippen LogP contribution < -0.4 is 10.1 Å². The summed E-state index contributed by atoms with van der Waals surface area (Å²) in [4.78, 5) is 34.0. The normalized spacial score (nSPS) is 9.93. The molecular formula is C20H19N3O6. The average Bonchev–Trinajstić information content (AvgIpc) is 2.72. The maximum absolute atomic E-state index is 12.0. The zero-order valence-electron chi connectivity index (χ0n) is 15.7. The summed E-state index contributed by atoms with van der Waals surface area (Å²) in [5.41, 5.74) is 0.634. The molecule has 0 atom stereocenters. The molecule has 0 saturated heterocycles. The average molecular weight is 397 g/mol. The fraction of sp³-hybridized carbons (Fsp3) is 0.250. The van der Waals surface area contributed by atoms with E-state index in [-0.39, 0.29) is 23.4 Å². The molecule has 2 aromatic carbocycles. The molecule has 0 spiro atoms. The lowest BCUT2D eigenvalue weighted by molar-refractivity contribution is -0.384. The first-order valence-corrected chi connectivity index (χ1v) is 8.79. The number of carbonyl (C=O) groups excluding carboxylic acids is 2. The Bertz CT molecular complexity index is 951. The second kappa shape index (κ2) is 10.4. The minimum atomic E-state index is -0.654.